The van der Waals surface area contributed by atoms with E-state index < -0.39 is 0 Å². The van der Waals surface area contributed by atoms with Crippen LogP contribution in [0.4, 0.5) is 0 Å². The van der Waals surface area contributed by atoms with E-state index >= 15 is 0 Å². The van der Waals surface area contributed by atoms with Crippen LogP contribution in [0, 0.1) is 5.41 Å². The quantitative estimate of drug-likeness (QED) is 0.897. The molecular formula is C17H26N2O. The van der Waals surface area contributed by atoms with E-state index in [4.69, 9.17) is 4.84 Å². The fourth-order valence-electron chi connectivity index (χ4n) is 3.77. The third-order valence-electron chi connectivity index (χ3n) is 4.44. The van der Waals surface area contributed by atoms with Crippen LogP contribution in [0.1, 0.15) is 38.7 Å². The van der Waals surface area contributed by atoms with Gasteiger partial charge in [-0.05, 0) is 43.3 Å². The molecule has 0 aromatic heterocycles. The highest BCUT2D eigenvalue weighted by Gasteiger charge is 2.45. The highest BCUT2D eigenvalue weighted by Crippen LogP contribution is 2.42. The average molecular weight is 274 g/mol. The molecule has 0 amide bonds. The Morgan fingerprint density at radius 1 is 1.15 bits per heavy atom. The lowest BCUT2D eigenvalue weighted by Gasteiger charge is -2.51. The Hall–Kier alpha value is -0.900. The Labute approximate surface area is 122 Å². The van der Waals surface area contributed by atoms with E-state index in [0.717, 1.165) is 39.0 Å². The first-order valence-electron chi connectivity index (χ1n) is 7.76. The molecule has 20 heavy (non-hydrogen) atoms. The Balaban J connectivity index is 1.74. The monoisotopic (exact) mass is 274 g/mol. The zero-order chi connectivity index (χ0) is 14.1. The summed E-state index contributed by atoms with van der Waals surface area (Å²) >= 11 is 0. The predicted molar refractivity (Wildman–Crippen MR) is 81.2 cm³/mol. The number of hydrogen-bond acceptors (Lipinski definition) is 3. The Morgan fingerprint density at radius 2 is 1.85 bits per heavy atom. The molecule has 1 aromatic carbocycles. The number of piperidine rings is 1. The number of rotatable bonds is 2. The molecule has 3 nitrogen and oxygen atoms in total. The van der Waals surface area contributed by atoms with Gasteiger partial charge in [0.05, 0.1) is 5.60 Å². The van der Waals surface area contributed by atoms with Crippen LogP contribution < -0.4 is 5.32 Å². The van der Waals surface area contributed by atoms with Gasteiger partial charge in [-0.2, -0.15) is 5.06 Å². The van der Waals surface area contributed by atoms with Gasteiger partial charge in [0.1, 0.15) is 0 Å². The molecule has 0 aliphatic carbocycles. The zero-order valence-electron chi connectivity index (χ0n) is 12.7. The molecule has 3 rings (SSSR count). The number of nitrogens with zero attached hydrogens (tertiary/aromatic N) is 1. The highest BCUT2D eigenvalue weighted by atomic mass is 16.7. The summed E-state index contributed by atoms with van der Waals surface area (Å²) in [6.07, 6.45) is 3.43. The number of hydrogen-bond donors (Lipinski definition) is 1. The van der Waals surface area contributed by atoms with Crippen LogP contribution >= 0.6 is 0 Å². The fraction of sp³-hybridized carbons (Fsp3) is 0.647. The van der Waals surface area contributed by atoms with Crippen LogP contribution in [0.3, 0.4) is 0 Å². The van der Waals surface area contributed by atoms with E-state index in [1.807, 2.05) is 0 Å². The van der Waals surface area contributed by atoms with Crippen molar-refractivity contribution >= 4 is 0 Å². The fourth-order valence-corrected chi connectivity index (χ4v) is 3.77. The lowest BCUT2D eigenvalue weighted by molar-refractivity contribution is -0.308. The third kappa shape index (κ3) is 3.22. The summed E-state index contributed by atoms with van der Waals surface area (Å²) in [7, 11) is 0. The van der Waals surface area contributed by atoms with Crippen LogP contribution in [0.15, 0.2) is 30.3 Å². The lowest BCUT2D eigenvalue weighted by atomic mass is 9.74. The van der Waals surface area contributed by atoms with E-state index in [9.17, 15) is 0 Å². The molecule has 2 aliphatic rings. The van der Waals surface area contributed by atoms with Crippen molar-refractivity contribution in [3.63, 3.8) is 0 Å². The van der Waals surface area contributed by atoms with Gasteiger partial charge in [-0.15, -0.1) is 0 Å². The smallest absolute Gasteiger partial charge is 0.0929 e. The normalized spacial score (nSPS) is 25.7. The van der Waals surface area contributed by atoms with Crippen molar-refractivity contribution in [3.05, 3.63) is 35.9 Å². The molecule has 0 atom stereocenters. The van der Waals surface area contributed by atoms with Crippen LogP contribution in [-0.2, 0) is 11.4 Å². The van der Waals surface area contributed by atoms with Gasteiger partial charge in [0.2, 0.25) is 0 Å². The van der Waals surface area contributed by atoms with E-state index in [1.165, 1.54) is 12.0 Å². The van der Waals surface area contributed by atoms with Crippen molar-refractivity contribution in [2.24, 2.45) is 5.41 Å². The molecular weight excluding hydrogens is 248 g/mol. The minimum absolute atomic E-state index is 0.0573. The third-order valence-corrected chi connectivity index (χ3v) is 4.44. The van der Waals surface area contributed by atoms with Crippen molar-refractivity contribution in [1.82, 2.24) is 10.4 Å². The second-order valence-corrected chi connectivity index (χ2v) is 7.15. The topological polar surface area (TPSA) is 24.5 Å². The molecule has 1 aromatic rings. The summed E-state index contributed by atoms with van der Waals surface area (Å²) in [4.78, 5) is 6.45. The van der Waals surface area contributed by atoms with Gasteiger partial charge >= 0.3 is 0 Å². The molecule has 0 radical (unpaired) electrons. The Kier molecular flexibility index (Phi) is 3.85. The Morgan fingerprint density at radius 3 is 2.55 bits per heavy atom. The standard InChI is InChI=1S/C17H26N2O/c1-16(2)13-17(8-10-18-11-9-17)20-19(14-16)12-15-6-4-3-5-7-15/h3-7,18H,8-14H2,1-2H3. The average Bonchev–Trinajstić information content (AvgIpc) is 2.38. The second-order valence-electron chi connectivity index (χ2n) is 7.15. The molecule has 2 saturated heterocycles. The summed E-state index contributed by atoms with van der Waals surface area (Å²) in [5.74, 6) is 0. The second kappa shape index (κ2) is 5.47. The van der Waals surface area contributed by atoms with Crippen molar-refractivity contribution in [1.29, 1.82) is 0 Å². The molecule has 110 valence electrons. The maximum Gasteiger partial charge on any atom is 0.0929 e. The van der Waals surface area contributed by atoms with Crippen LogP contribution in [0.25, 0.3) is 0 Å². The molecule has 0 bridgehead atoms. The number of nitrogens with one attached hydrogen (secondary N) is 1. The Bertz CT molecular complexity index is 438. The van der Waals surface area contributed by atoms with Gasteiger partial charge in [-0.1, -0.05) is 44.2 Å². The minimum Gasteiger partial charge on any atom is -0.317 e. The summed E-state index contributed by atoms with van der Waals surface area (Å²) in [6, 6.07) is 10.6. The maximum atomic E-state index is 6.45. The largest absolute Gasteiger partial charge is 0.317 e. The number of hydroxylamine groups is 2. The van der Waals surface area contributed by atoms with Gasteiger partial charge in [0, 0.05) is 13.1 Å². The molecule has 2 heterocycles. The van der Waals surface area contributed by atoms with Gasteiger partial charge in [-0.3, -0.25) is 4.84 Å². The molecule has 2 aliphatic heterocycles. The van der Waals surface area contributed by atoms with Gasteiger partial charge in [0.25, 0.3) is 0 Å². The zero-order valence-corrected chi connectivity index (χ0v) is 12.7. The first-order valence-corrected chi connectivity index (χ1v) is 7.76. The minimum atomic E-state index is 0.0573. The summed E-state index contributed by atoms with van der Waals surface area (Å²) in [6.45, 7) is 8.80. The summed E-state index contributed by atoms with van der Waals surface area (Å²) in [5.41, 5.74) is 1.71. The summed E-state index contributed by atoms with van der Waals surface area (Å²) < 4.78 is 0. The molecule has 0 saturated carbocycles. The van der Waals surface area contributed by atoms with E-state index in [-0.39, 0.29) is 5.60 Å². The van der Waals surface area contributed by atoms with Gasteiger partial charge in [0.15, 0.2) is 0 Å². The van der Waals surface area contributed by atoms with Crippen molar-refractivity contribution < 1.29 is 4.84 Å². The van der Waals surface area contributed by atoms with Crippen LogP contribution in [0.2, 0.25) is 0 Å². The maximum absolute atomic E-state index is 6.45. The van der Waals surface area contributed by atoms with Crippen molar-refractivity contribution in [2.45, 2.75) is 45.3 Å². The van der Waals surface area contributed by atoms with Gasteiger partial charge < -0.3 is 5.32 Å². The van der Waals surface area contributed by atoms with E-state index in [1.54, 1.807) is 0 Å². The molecule has 0 unspecified atom stereocenters. The first kappa shape index (κ1) is 14.1. The predicted octanol–water partition coefficient (Wildman–Crippen LogP) is 2.97. The summed E-state index contributed by atoms with van der Waals surface area (Å²) in [5, 5.41) is 5.65. The first-order chi connectivity index (χ1) is 9.57. The lowest BCUT2D eigenvalue weighted by Crippen LogP contribution is -2.56. The highest BCUT2D eigenvalue weighted by molar-refractivity contribution is 5.14. The van der Waals surface area contributed by atoms with E-state index in [0.29, 0.717) is 5.41 Å². The van der Waals surface area contributed by atoms with E-state index in [2.05, 4.69) is 54.6 Å². The SMILES string of the molecule is CC1(C)CN(Cc2ccccc2)OC2(CCNCC2)C1. The van der Waals surface area contributed by atoms with Crippen LogP contribution in [-0.4, -0.2) is 30.3 Å². The van der Waals surface area contributed by atoms with Crippen molar-refractivity contribution in [3.8, 4) is 0 Å². The molecule has 2 fully saturated rings. The molecule has 1 N–H and O–H groups in total. The molecule has 1 spiro atoms. The molecule has 3 heteroatoms. The van der Waals surface area contributed by atoms with Crippen molar-refractivity contribution in [2.75, 3.05) is 19.6 Å². The van der Waals surface area contributed by atoms with Crippen LogP contribution in [0.5, 0.6) is 0 Å². The number of benzene rings is 1. The van der Waals surface area contributed by atoms with Gasteiger partial charge in [-0.25, -0.2) is 0 Å².